The third-order valence-electron chi connectivity index (χ3n) is 4.20. The fourth-order valence-corrected chi connectivity index (χ4v) is 3.12. The summed E-state index contributed by atoms with van der Waals surface area (Å²) in [6, 6.07) is 7.00. The van der Waals surface area contributed by atoms with Gasteiger partial charge in [-0.05, 0) is 30.5 Å². The van der Waals surface area contributed by atoms with Crippen molar-refractivity contribution in [2.75, 3.05) is 13.2 Å². The molecular formula is C16H21NO4. The van der Waals surface area contributed by atoms with Crippen LogP contribution >= 0.6 is 0 Å². The Balaban J connectivity index is 1.47. The van der Waals surface area contributed by atoms with Crippen LogP contribution < -0.4 is 5.32 Å². The maximum absolute atomic E-state index is 12.0. The number of carbonyl (C=O) groups excluding carboxylic acids is 1. The lowest BCUT2D eigenvalue weighted by Crippen LogP contribution is -2.44. The van der Waals surface area contributed by atoms with Gasteiger partial charge in [0.05, 0.1) is 19.6 Å². The molecule has 0 unspecified atom stereocenters. The molecule has 1 spiro atoms. The molecule has 5 nitrogen and oxygen atoms in total. The van der Waals surface area contributed by atoms with Crippen molar-refractivity contribution in [3.63, 3.8) is 0 Å². The highest BCUT2D eigenvalue weighted by Gasteiger charge is 2.40. The van der Waals surface area contributed by atoms with E-state index in [-0.39, 0.29) is 23.5 Å². The fraction of sp³-hybridized carbons (Fsp3) is 0.562. The van der Waals surface area contributed by atoms with Gasteiger partial charge in [-0.3, -0.25) is 4.79 Å². The minimum atomic E-state index is -0.382. The summed E-state index contributed by atoms with van der Waals surface area (Å²) in [7, 11) is 0. The summed E-state index contributed by atoms with van der Waals surface area (Å²) in [5.74, 6) is -0.197. The number of amides is 1. The number of benzene rings is 1. The number of carbonyl (C=O) groups is 1. The molecule has 5 heteroatoms. The zero-order valence-corrected chi connectivity index (χ0v) is 12.0. The summed E-state index contributed by atoms with van der Waals surface area (Å²) >= 11 is 0. The molecular weight excluding hydrogens is 270 g/mol. The first-order valence-electron chi connectivity index (χ1n) is 7.50. The van der Waals surface area contributed by atoms with Crippen molar-refractivity contribution >= 4 is 5.91 Å². The largest absolute Gasteiger partial charge is 0.508 e. The Bertz CT molecular complexity index is 501. The Labute approximate surface area is 124 Å². The molecule has 1 amide bonds. The maximum Gasteiger partial charge on any atom is 0.224 e. The van der Waals surface area contributed by atoms with E-state index in [2.05, 4.69) is 5.32 Å². The normalized spacial score (nSPS) is 21.5. The van der Waals surface area contributed by atoms with Crippen LogP contribution in [-0.4, -0.2) is 36.1 Å². The summed E-state index contributed by atoms with van der Waals surface area (Å²) in [6.45, 7) is 1.35. The topological polar surface area (TPSA) is 67.8 Å². The Kier molecular flexibility index (Phi) is 4.12. The molecule has 1 aliphatic carbocycles. The zero-order valence-electron chi connectivity index (χ0n) is 12.0. The van der Waals surface area contributed by atoms with Crippen LogP contribution in [0.5, 0.6) is 5.75 Å². The van der Waals surface area contributed by atoms with Crippen molar-refractivity contribution in [3.8, 4) is 5.75 Å². The highest BCUT2D eigenvalue weighted by molar-refractivity contribution is 5.79. The van der Waals surface area contributed by atoms with Crippen LogP contribution in [0.1, 0.15) is 31.2 Å². The number of phenols is 1. The highest BCUT2D eigenvalue weighted by Crippen LogP contribution is 2.35. The third kappa shape index (κ3) is 3.54. The lowest BCUT2D eigenvalue weighted by atomic mass is 9.90. The highest BCUT2D eigenvalue weighted by atomic mass is 16.7. The number of nitrogens with one attached hydrogen (secondary N) is 1. The van der Waals surface area contributed by atoms with Crippen molar-refractivity contribution in [2.24, 2.45) is 0 Å². The molecule has 2 N–H and O–H groups in total. The van der Waals surface area contributed by atoms with Gasteiger partial charge in [-0.1, -0.05) is 12.1 Å². The summed E-state index contributed by atoms with van der Waals surface area (Å²) in [5, 5.41) is 12.5. The zero-order chi connectivity index (χ0) is 14.7. The van der Waals surface area contributed by atoms with Crippen molar-refractivity contribution in [1.29, 1.82) is 0 Å². The van der Waals surface area contributed by atoms with E-state index < -0.39 is 0 Å². The molecule has 2 fully saturated rings. The predicted molar refractivity (Wildman–Crippen MR) is 76.8 cm³/mol. The molecule has 3 rings (SSSR count). The van der Waals surface area contributed by atoms with Gasteiger partial charge in [0.15, 0.2) is 5.79 Å². The Morgan fingerprint density at radius 2 is 2.00 bits per heavy atom. The Morgan fingerprint density at radius 3 is 2.67 bits per heavy atom. The standard InChI is InChI=1S/C16H21NO4/c18-14-3-1-2-12(10-14)11-15(19)17-13-4-6-16(7-5-13)20-8-9-21-16/h1-3,10,13,18H,4-9,11H2,(H,17,19). The van der Waals surface area contributed by atoms with Gasteiger partial charge in [0.2, 0.25) is 5.91 Å². The second kappa shape index (κ2) is 6.03. The predicted octanol–water partition coefficient (Wildman–Crippen LogP) is 1.74. The first kappa shape index (κ1) is 14.4. The number of aromatic hydroxyl groups is 1. The summed E-state index contributed by atoms with van der Waals surface area (Å²) in [6.07, 6.45) is 3.73. The summed E-state index contributed by atoms with van der Waals surface area (Å²) in [5.41, 5.74) is 0.822. The Hall–Kier alpha value is -1.59. The van der Waals surface area contributed by atoms with Crippen LogP contribution in [0.15, 0.2) is 24.3 Å². The number of ether oxygens (including phenoxy) is 2. The van der Waals surface area contributed by atoms with Crippen LogP contribution in [0.2, 0.25) is 0 Å². The van der Waals surface area contributed by atoms with Crippen molar-refractivity contribution in [3.05, 3.63) is 29.8 Å². The lowest BCUT2D eigenvalue weighted by Gasteiger charge is -2.35. The van der Waals surface area contributed by atoms with E-state index >= 15 is 0 Å². The second-order valence-corrected chi connectivity index (χ2v) is 5.80. The minimum absolute atomic E-state index is 0.00481. The number of rotatable bonds is 3. The summed E-state index contributed by atoms with van der Waals surface area (Å²) < 4.78 is 11.4. The third-order valence-corrected chi connectivity index (χ3v) is 4.20. The van der Waals surface area contributed by atoms with Crippen molar-refractivity contribution < 1.29 is 19.4 Å². The van der Waals surface area contributed by atoms with Crippen LogP contribution in [0.25, 0.3) is 0 Å². The van der Waals surface area contributed by atoms with E-state index in [1.807, 2.05) is 6.07 Å². The molecule has 1 aromatic rings. The minimum Gasteiger partial charge on any atom is -0.508 e. The van der Waals surface area contributed by atoms with Crippen LogP contribution in [0.4, 0.5) is 0 Å². The number of hydrogen-bond acceptors (Lipinski definition) is 4. The average molecular weight is 291 g/mol. The molecule has 1 saturated heterocycles. The van der Waals surface area contributed by atoms with Gasteiger partial charge in [-0.25, -0.2) is 0 Å². The van der Waals surface area contributed by atoms with Gasteiger partial charge in [0.1, 0.15) is 5.75 Å². The quantitative estimate of drug-likeness (QED) is 0.890. The van der Waals surface area contributed by atoms with Gasteiger partial charge in [-0.2, -0.15) is 0 Å². The van der Waals surface area contributed by atoms with E-state index in [1.54, 1.807) is 18.2 Å². The summed E-state index contributed by atoms with van der Waals surface area (Å²) in [4.78, 5) is 12.0. The molecule has 1 heterocycles. The van der Waals surface area contributed by atoms with Crippen LogP contribution in [-0.2, 0) is 20.7 Å². The molecule has 0 atom stereocenters. The van der Waals surface area contributed by atoms with Crippen molar-refractivity contribution in [2.45, 2.75) is 43.9 Å². The fourth-order valence-electron chi connectivity index (χ4n) is 3.12. The molecule has 1 aromatic carbocycles. The van der Waals surface area contributed by atoms with Crippen molar-refractivity contribution in [1.82, 2.24) is 5.32 Å². The smallest absolute Gasteiger partial charge is 0.224 e. The number of phenolic OH excluding ortho intramolecular Hbond substituents is 1. The van der Waals surface area contributed by atoms with Gasteiger partial charge in [0.25, 0.3) is 0 Å². The van der Waals surface area contributed by atoms with E-state index in [9.17, 15) is 9.90 Å². The monoisotopic (exact) mass is 291 g/mol. The van der Waals surface area contributed by atoms with E-state index in [0.717, 1.165) is 31.2 Å². The van der Waals surface area contributed by atoms with Gasteiger partial charge in [-0.15, -0.1) is 0 Å². The molecule has 2 aliphatic rings. The van der Waals surface area contributed by atoms with Gasteiger partial charge < -0.3 is 19.9 Å². The maximum atomic E-state index is 12.0. The number of hydrogen-bond donors (Lipinski definition) is 2. The van der Waals surface area contributed by atoms with E-state index in [4.69, 9.17) is 9.47 Å². The molecule has 1 saturated carbocycles. The van der Waals surface area contributed by atoms with E-state index in [0.29, 0.717) is 19.6 Å². The lowest BCUT2D eigenvalue weighted by molar-refractivity contribution is -0.180. The molecule has 114 valence electrons. The van der Waals surface area contributed by atoms with Gasteiger partial charge in [0, 0.05) is 18.9 Å². The molecule has 0 aromatic heterocycles. The molecule has 21 heavy (non-hydrogen) atoms. The molecule has 0 radical (unpaired) electrons. The average Bonchev–Trinajstić information content (AvgIpc) is 2.90. The first-order valence-corrected chi connectivity index (χ1v) is 7.50. The SMILES string of the molecule is O=C(Cc1cccc(O)c1)NC1CCC2(CC1)OCCO2. The molecule has 0 bridgehead atoms. The van der Waals surface area contributed by atoms with Gasteiger partial charge >= 0.3 is 0 Å². The molecule has 1 aliphatic heterocycles. The Morgan fingerprint density at radius 1 is 1.29 bits per heavy atom. The van der Waals surface area contributed by atoms with E-state index in [1.165, 1.54) is 0 Å². The second-order valence-electron chi connectivity index (χ2n) is 5.80. The first-order chi connectivity index (χ1) is 10.2. The van der Waals surface area contributed by atoms with Crippen LogP contribution in [0.3, 0.4) is 0 Å². The van der Waals surface area contributed by atoms with Crippen LogP contribution in [0, 0.1) is 0 Å².